The zero-order valence-electron chi connectivity index (χ0n) is 20.3. The number of nitrogen functional groups attached to an aromatic ring is 1. The predicted molar refractivity (Wildman–Crippen MR) is 127 cm³/mol. The van der Waals surface area contributed by atoms with Crippen molar-refractivity contribution in [3.05, 3.63) is 20.8 Å². The molecule has 1 aliphatic rings. The second-order valence-electron chi connectivity index (χ2n) is 10.6. The molecule has 1 saturated carbocycles. The molecule has 0 atom stereocenters. The lowest BCUT2D eigenvalue weighted by Crippen LogP contribution is -2.45. The number of anilines is 2. The highest BCUT2D eigenvalue weighted by Gasteiger charge is 2.35. The third-order valence-electron chi connectivity index (χ3n) is 6.72. The summed E-state index contributed by atoms with van der Waals surface area (Å²) in [4.78, 5) is 42.7. The van der Waals surface area contributed by atoms with E-state index in [4.69, 9.17) is 5.73 Å². The number of nitrogens with zero attached hydrogens (tertiary/aromatic N) is 2. The molecule has 1 fully saturated rings. The second-order valence-corrected chi connectivity index (χ2v) is 10.6. The van der Waals surface area contributed by atoms with E-state index in [0.29, 0.717) is 24.9 Å². The molecule has 3 N–H and O–H groups in total. The summed E-state index contributed by atoms with van der Waals surface area (Å²) in [5.74, 6) is 0.928. The smallest absolute Gasteiger partial charge is 0.330 e. The van der Waals surface area contributed by atoms with Crippen molar-refractivity contribution in [1.29, 1.82) is 0 Å². The van der Waals surface area contributed by atoms with Gasteiger partial charge in [0.25, 0.3) is 5.56 Å². The van der Waals surface area contributed by atoms with Crippen LogP contribution < -0.4 is 21.9 Å². The Balaban J connectivity index is 2.38. The maximum Gasteiger partial charge on any atom is 0.330 e. The SMILES string of the molecule is CCCCn1c(N)c(N(CCC(C)C)C(=O)C2CCC(C(C)(C)C)CC2)c(=O)[nH]c1=O. The van der Waals surface area contributed by atoms with E-state index >= 15 is 0 Å². The Labute approximate surface area is 186 Å². The number of carbonyl (C=O) groups is 1. The standard InChI is InChI=1S/C24H42N4O3/c1-7-8-14-28-20(25)19(21(29)26-23(28)31)27(15-13-16(2)3)22(30)17-9-11-18(12-10-17)24(4,5)6/h16-18H,7-15,25H2,1-6H3,(H,26,29,31). The van der Waals surface area contributed by atoms with Crippen LogP contribution in [0.15, 0.2) is 9.59 Å². The first-order chi connectivity index (χ1) is 14.5. The van der Waals surface area contributed by atoms with E-state index in [9.17, 15) is 14.4 Å². The maximum atomic E-state index is 13.6. The van der Waals surface area contributed by atoms with Crippen LogP contribution in [0.4, 0.5) is 11.5 Å². The van der Waals surface area contributed by atoms with Crippen molar-refractivity contribution < 1.29 is 4.79 Å². The van der Waals surface area contributed by atoms with Crippen LogP contribution in [0, 0.1) is 23.2 Å². The number of hydrogen-bond acceptors (Lipinski definition) is 4. The molecular formula is C24H42N4O3. The number of amides is 1. The monoisotopic (exact) mass is 434 g/mol. The van der Waals surface area contributed by atoms with Crippen molar-refractivity contribution in [1.82, 2.24) is 9.55 Å². The van der Waals surface area contributed by atoms with Gasteiger partial charge in [-0.15, -0.1) is 0 Å². The number of nitrogens with one attached hydrogen (secondary N) is 1. The lowest BCUT2D eigenvalue weighted by molar-refractivity contribution is -0.124. The molecule has 0 unspecified atom stereocenters. The molecule has 1 aliphatic carbocycles. The zero-order valence-corrected chi connectivity index (χ0v) is 20.3. The molecule has 0 radical (unpaired) electrons. The van der Waals surface area contributed by atoms with E-state index in [0.717, 1.165) is 44.9 Å². The first-order valence-corrected chi connectivity index (χ1v) is 11.9. The van der Waals surface area contributed by atoms with Gasteiger partial charge in [0.05, 0.1) is 0 Å². The quantitative estimate of drug-likeness (QED) is 0.642. The summed E-state index contributed by atoms with van der Waals surface area (Å²) in [5.41, 5.74) is 5.62. The molecule has 0 saturated heterocycles. The van der Waals surface area contributed by atoms with Gasteiger partial charge in [-0.3, -0.25) is 19.1 Å². The van der Waals surface area contributed by atoms with Gasteiger partial charge >= 0.3 is 5.69 Å². The number of rotatable bonds is 8. The largest absolute Gasteiger partial charge is 0.383 e. The fourth-order valence-electron chi connectivity index (χ4n) is 4.52. The molecule has 1 aromatic heterocycles. The van der Waals surface area contributed by atoms with Gasteiger partial charge in [-0.2, -0.15) is 0 Å². The topological polar surface area (TPSA) is 101 Å². The highest BCUT2D eigenvalue weighted by Crippen LogP contribution is 2.40. The number of hydrogen-bond donors (Lipinski definition) is 2. The van der Waals surface area contributed by atoms with E-state index in [1.54, 1.807) is 4.90 Å². The summed E-state index contributed by atoms with van der Waals surface area (Å²) < 4.78 is 1.40. The van der Waals surface area contributed by atoms with Crippen LogP contribution in [0.2, 0.25) is 0 Å². The average Bonchev–Trinajstić information content (AvgIpc) is 2.69. The summed E-state index contributed by atoms with van der Waals surface area (Å²) in [6, 6.07) is 0. The highest BCUT2D eigenvalue weighted by molar-refractivity contribution is 5.97. The van der Waals surface area contributed by atoms with Crippen LogP contribution in [-0.4, -0.2) is 22.0 Å². The molecule has 1 heterocycles. The van der Waals surface area contributed by atoms with Crippen molar-refractivity contribution in [3.8, 4) is 0 Å². The summed E-state index contributed by atoms with van der Waals surface area (Å²) in [7, 11) is 0. The van der Waals surface area contributed by atoms with Gasteiger partial charge in [0.15, 0.2) is 5.69 Å². The lowest BCUT2D eigenvalue weighted by atomic mass is 9.69. The van der Waals surface area contributed by atoms with E-state index < -0.39 is 11.2 Å². The first-order valence-electron chi connectivity index (χ1n) is 11.9. The fourth-order valence-corrected chi connectivity index (χ4v) is 4.52. The number of unbranched alkanes of at least 4 members (excludes halogenated alkanes) is 1. The Kier molecular flexibility index (Phi) is 8.55. The molecule has 0 spiro atoms. The minimum absolute atomic E-state index is 0.0362. The van der Waals surface area contributed by atoms with Crippen LogP contribution in [0.1, 0.15) is 86.5 Å². The third kappa shape index (κ3) is 6.23. The van der Waals surface area contributed by atoms with Gasteiger partial charge < -0.3 is 10.6 Å². The zero-order chi connectivity index (χ0) is 23.3. The van der Waals surface area contributed by atoms with Crippen molar-refractivity contribution in [2.24, 2.45) is 23.2 Å². The van der Waals surface area contributed by atoms with Gasteiger partial charge in [0.1, 0.15) is 5.82 Å². The van der Waals surface area contributed by atoms with Gasteiger partial charge in [0.2, 0.25) is 5.91 Å². The highest BCUT2D eigenvalue weighted by atomic mass is 16.2. The normalized spacial score (nSPS) is 19.6. The molecule has 31 heavy (non-hydrogen) atoms. The Morgan fingerprint density at radius 2 is 1.81 bits per heavy atom. The minimum atomic E-state index is -0.573. The molecule has 176 valence electrons. The molecule has 7 heteroatoms. The third-order valence-corrected chi connectivity index (χ3v) is 6.72. The van der Waals surface area contributed by atoms with Gasteiger partial charge in [-0.1, -0.05) is 48.0 Å². The summed E-state index contributed by atoms with van der Waals surface area (Å²) in [6.45, 7) is 13.8. The van der Waals surface area contributed by atoms with E-state index in [1.807, 2.05) is 6.92 Å². The first kappa shape index (κ1) is 25.2. The van der Waals surface area contributed by atoms with Crippen LogP contribution in [0.25, 0.3) is 0 Å². The Morgan fingerprint density at radius 1 is 1.19 bits per heavy atom. The summed E-state index contributed by atoms with van der Waals surface area (Å²) in [6.07, 6.45) is 6.10. The number of aromatic amines is 1. The lowest BCUT2D eigenvalue weighted by Gasteiger charge is -2.38. The van der Waals surface area contributed by atoms with Crippen LogP contribution in [-0.2, 0) is 11.3 Å². The molecule has 2 rings (SSSR count). The average molecular weight is 435 g/mol. The van der Waals surface area contributed by atoms with E-state index in [2.05, 4.69) is 39.6 Å². The van der Waals surface area contributed by atoms with Crippen LogP contribution in [0.3, 0.4) is 0 Å². The van der Waals surface area contributed by atoms with Gasteiger partial charge in [-0.25, -0.2) is 4.79 Å². The second kappa shape index (κ2) is 10.5. The van der Waals surface area contributed by atoms with Crippen molar-refractivity contribution in [2.45, 2.75) is 93.0 Å². The van der Waals surface area contributed by atoms with Crippen LogP contribution >= 0.6 is 0 Å². The van der Waals surface area contributed by atoms with Crippen LogP contribution in [0.5, 0.6) is 0 Å². The van der Waals surface area contributed by atoms with Gasteiger partial charge in [0, 0.05) is 19.0 Å². The molecule has 1 aromatic rings. The maximum absolute atomic E-state index is 13.6. The van der Waals surface area contributed by atoms with Crippen molar-refractivity contribution in [3.63, 3.8) is 0 Å². The van der Waals surface area contributed by atoms with Gasteiger partial charge in [-0.05, 0) is 55.8 Å². The predicted octanol–water partition coefficient (Wildman–Crippen LogP) is 4.15. The molecule has 0 bridgehead atoms. The minimum Gasteiger partial charge on any atom is -0.383 e. The number of nitrogens with two attached hydrogens (primary N) is 1. The molecular weight excluding hydrogens is 392 g/mol. The number of carbonyl (C=O) groups excluding carboxylic acids is 1. The van der Waals surface area contributed by atoms with E-state index in [1.165, 1.54) is 4.57 Å². The van der Waals surface area contributed by atoms with E-state index in [-0.39, 0.29) is 28.7 Å². The molecule has 7 nitrogen and oxygen atoms in total. The Morgan fingerprint density at radius 3 is 2.32 bits per heavy atom. The number of H-pyrrole nitrogens is 1. The van der Waals surface area contributed by atoms with Crippen molar-refractivity contribution >= 4 is 17.4 Å². The summed E-state index contributed by atoms with van der Waals surface area (Å²) in [5, 5.41) is 0. The fraction of sp³-hybridized carbons (Fsp3) is 0.792. The molecule has 0 aromatic carbocycles. The molecule has 0 aliphatic heterocycles. The number of aromatic nitrogens is 2. The summed E-state index contributed by atoms with van der Waals surface area (Å²) >= 11 is 0. The van der Waals surface area contributed by atoms with Crippen molar-refractivity contribution in [2.75, 3.05) is 17.2 Å². The Bertz CT molecular complexity index is 855. The molecule has 1 amide bonds. The Hall–Kier alpha value is -2.05.